The summed E-state index contributed by atoms with van der Waals surface area (Å²) in [4.78, 5) is 0. The van der Waals surface area contributed by atoms with Crippen LogP contribution in [0.1, 0.15) is 58.3 Å². The topological polar surface area (TPSA) is 26.0 Å². The molecule has 0 rings (SSSR count). The van der Waals surface area contributed by atoms with Gasteiger partial charge in [-0.15, -0.1) is 0 Å². The van der Waals surface area contributed by atoms with Crippen LogP contribution in [0.25, 0.3) is 0 Å². The first-order valence-corrected chi connectivity index (χ1v) is 7.77. The fraction of sp³-hybridized carbons (Fsp3) is 0.556. The van der Waals surface area contributed by atoms with Crippen LogP contribution in [0.5, 0.6) is 0 Å². The van der Waals surface area contributed by atoms with Crippen molar-refractivity contribution in [3.05, 3.63) is 48.6 Å². The molecule has 0 heterocycles. The van der Waals surface area contributed by atoms with Gasteiger partial charge in [0.15, 0.2) is 0 Å². The molecular weight excluding hydrogens is 230 g/mol. The highest BCUT2D eigenvalue weighted by Crippen LogP contribution is 2.07. The van der Waals surface area contributed by atoms with Crippen LogP contribution in [0.3, 0.4) is 0 Å². The van der Waals surface area contributed by atoms with E-state index in [1.807, 2.05) is 0 Å². The molecule has 0 unspecified atom stereocenters. The van der Waals surface area contributed by atoms with E-state index in [1.165, 1.54) is 44.9 Å². The molecule has 0 fully saturated rings. The molecular formula is C18H31N. The molecule has 2 N–H and O–H groups in total. The average molecular weight is 261 g/mol. The van der Waals surface area contributed by atoms with Crippen molar-refractivity contribution in [2.75, 3.05) is 6.54 Å². The highest BCUT2D eigenvalue weighted by molar-refractivity contribution is 5.15. The summed E-state index contributed by atoms with van der Waals surface area (Å²) in [7, 11) is 0. The lowest BCUT2D eigenvalue weighted by Crippen LogP contribution is -1.97. The van der Waals surface area contributed by atoms with Crippen LogP contribution < -0.4 is 5.73 Å². The van der Waals surface area contributed by atoms with Crippen LogP contribution in [0, 0.1) is 0 Å². The van der Waals surface area contributed by atoms with Gasteiger partial charge in [0, 0.05) is 0 Å². The van der Waals surface area contributed by atoms with Crippen molar-refractivity contribution in [3.63, 3.8) is 0 Å². The maximum Gasteiger partial charge on any atom is -0.00773 e. The van der Waals surface area contributed by atoms with Gasteiger partial charge in [-0.2, -0.15) is 0 Å². The minimum absolute atomic E-state index is 0.845. The maximum atomic E-state index is 5.46. The molecule has 108 valence electrons. The van der Waals surface area contributed by atoms with E-state index in [-0.39, 0.29) is 0 Å². The van der Waals surface area contributed by atoms with E-state index < -0.39 is 0 Å². The van der Waals surface area contributed by atoms with Crippen molar-refractivity contribution in [1.82, 2.24) is 0 Å². The summed E-state index contributed by atoms with van der Waals surface area (Å²) in [5.41, 5.74) is 5.46. The van der Waals surface area contributed by atoms with E-state index >= 15 is 0 Å². The Morgan fingerprint density at radius 1 is 0.632 bits per heavy atom. The van der Waals surface area contributed by atoms with E-state index in [4.69, 9.17) is 5.73 Å². The first-order valence-electron chi connectivity index (χ1n) is 7.77. The second-order valence-electron chi connectivity index (χ2n) is 4.73. The summed E-state index contributed by atoms with van der Waals surface area (Å²) < 4.78 is 0. The maximum absolute atomic E-state index is 5.46. The molecule has 0 saturated carbocycles. The highest BCUT2D eigenvalue weighted by atomic mass is 14.5. The van der Waals surface area contributed by atoms with Crippen molar-refractivity contribution < 1.29 is 0 Å². The van der Waals surface area contributed by atoms with E-state index in [1.54, 1.807) is 0 Å². The van der Waals surface area contributed by atoms with Gasteiger partial charge in [-0.3, -0.25) is 0 Å². The molecule has 0 aliphatic rings. The Bertz CT molecular complexity index is 271. The molecule has 0 spiro atoms. The minimum Gasteiger partial charge on any atom is -0.330 e. The Morgan fingerprint density at radius 2 is 1.16 bits per heavy atom. The van der Waals surface area contributed by atoms with Gasteiger partial charge in [0.25, 0.3) is 0 Å². The second-order valence-corrected chi connectivity index (χ2v) is 4.73. The Morgan fingerprint density at radius 3 is 1.79 bits per heavy atom. The Balaban J connectivity index is 3.31. The van der Waals surface area contributed by atoms with Crippen molar-refractivity contribution in [2.45, 2.75) is 58.3 Å². The van der Waals surface area contributed by atoms with Gasteiger partial charge in [0.1, 0.15) is 0 Å². The minimum atomic E-state index is 0.845. The second kappa shape index (κ2) is 16.9. The average Bonchev–Trinajstić information content (AvgIpc) is 2.43. The van der Waals surface area contributed by atoms with Crippen LogP contribution in [0.15, 0.2) is 48.6 Å². The zero-order valence-corrected chi connectivity index (χ0v) is 12.6. The largest absolute Gasteiger partial charge is 0.330 e. The summed E-state index contributed by atoms with van der Waals surface area (Å²) in [5, 5.41) is 0. The van der Waals surface area contributed by atoms with Gasteiger partial charge in [0.2, 0.25) is 0 Å². The lowest BCUT2D eigenvalue weighted by molar-refractivity contribution is 0.601. The molecule has 0 radical (unpaired) electrons. The zero-order valence-electron chi connectivity index (χ0n) is 12.6. The number of hydrogen-bond donors (Lipinski definition) is 1. The fourth-order valence-corrected chi connectivity index (χ4v) is 1.76. The van der Waals surface area contributed by atoms with Crippen LogP contribution in [0.4, 0.5) is 0 Å². The molecule has 0 aromatic carbocycles. The van der Waals surface area contributed by atoms with Crippen LogP contribution in [-0.2, 0) is 0 Å². The van der Waals surface area contributed by atoms with E-state index in [2.05, 4.69) is 55.5 Å². The number of hydrogen-bond acceptors (Lipinski definition) is 1. The third kappa shape index (κ3) is 16.9. The number of allylic oxidation sites excluding steroid dienone is 8. The molecule has 1 heteroatoms. The number of unbranched alkanes of at least 4 members (excludes halogenated alkanes) is 6. The van der Waals surface area contributed by atoms with Gasteiger partial charge in [-0.25, -0.2) is 0 Å². The van der Waals surface area contributed by atoms with Gasteiger partial charge in [-0.1, -0.05) is 81.2 Å². The third-order valence-electron chi connectivity index (χ3n) is 2.89. The van der Waals surface area contributed by atoms with Gasteiger partial charge >= 0.3 is 0 Å². The lowest BCUT2D eigenvalue weighted by atomic mass is 10.1. The molecule has 0 saturated heterocycles. The van der Waals surface area contributed by atoms with Gasteiger partial charge in [-0.05, 0) is 32.2 Å². The van der Waals surface area contributed by atoms with E-state index in [9.17, 15) is 0 Å². The quantitative estimate of drug-likeness (QED) is 0.374. The van der Waals surface area contributed by atoms with Crippen molar-refractivity contribution in [2.24, 2.45) is 5.73 Å². The summed E-state index contributed by atoms with van der Waals surface area (Å²) >= 11 is 0. The van der Waals surface area contributed by atoms with Gasteiger partial charge < -0.3 is 5.73 Å². The monoisotopic (exact) mass is 261 g/mol. The summed E-state index contributed by atoms with van der Waals surface area (Å²) in [6.45, 7) is 2.99. The van der Waals surface area contributed by atoms with Gasteiger partial charge in [0.05, 0.1) is 0 Å². The number of nitrogens with two attached hydrogens (primary N) is 1. The highest BCUT2D eigenvalue weighted by Gasteiger charge is 1.88. The molecule has 0 aliphatic carbocycles. The van der Waals surface area contributed by atoms with Crippen LogP contribution in [-0.4, -0.2) is 6.54 Å². The molecule has 0 aromatic heterocycles. The Kier molecular flexibility index (Phi) is 16.0. The smallest absolute Gasteiger partial charge is 0.00773 e. The summed E-state index contributed by atoms with van der Waals surface area (Å²) in [6, 6.07) is 0. The molecule has 1 nitrogen and oxygen atoms in total. The summed E-state index contributed by atoms with van der Waals surface area (Å²) in [5.74, 6) is 0. The first-order chi connectivity index (χ1) is 9.41. The molecule has 0 aliphatic heterocycles. The van der Waals surface area contributed by atoms with Crippen LogP contribution in [0.2, 0.25) is 0 Å². The molecule has 0 atom stereocenters. The van der Waals surface area contributed by atoms with E-state index in [0.29, 0.717) is 0 Å². The van der Waals surface area contributed by atoms with E-state index in [0.717, 1.165) is 13.0 Å². The predicted octanol–water partition coefficient (Wildman–Crippen LogP) is 5.31. The zero-order chi connectivity index (χ0) is 14.0. The number of rotatable bonds is 12. The first kappa shape index (κ1) is 17.9. The summed E-state index contributed by atoms with van der Waals surface area (Å²) in [6.07, 6.45) is 27.1. The fourth-order valence-electron chi connectivity index (χ4n) is 1.76. The lowest BCUT2D eigenvalue weighted by Gasteiger charge is -1.98. The third-order valence-corrected chi connectivity index (χ3v) is 2.89. The SMILES string of the molecule is CC/C=C/C=C/C=C/C=C/CCCCCCCCN. The molecule has 0 aromatic rings. The predicted molar refractivity (Wildman–Crippen MR) is 88.2 cm³/mol. The molecule has 0 amide bonds. The molecule has 19 heavy (non-hydrogen) atoms. The van der Waals surface area contributed by atoms with Crippen LogP contribution >= 0.6 is 0 Å². The van der Waals surface area contributed by atoms with Crippen molar-refractivity contribution in [3.8, 4) is 0 Å². The van der Waals surface area contributed by atoms with Crippen molar-refractivity contribution in [1.29, 1.82) is 0 Å². The Hall–Kier alpha value is -1.08. The van der Waals surface area contributed by atoms with Crippen molar-refractivity contribution >= 4 is 0 Å². The normalized spacial score (nSPS) is 12.7. The molecule has 0 bridgehead atoms. The standard InChI is InChI=1S/C18H31N/c1-2-3-4-5-6-7-8-9-10-11-12-13-14-15-16-17-18-19/h3-10H,2,11-19H2,1H3/b4-3+,6-5+,8-7+,10-9+. The Labute approximate surface area is 120 Å².